The Morgan fingerprint density at radius 2 is 1.85 bits per heavy atom. The molecule has 0 spiro atoms. The van der Waals surface area contributed by atoms with Gasteiger partial charge in [-0.15, -0.1) is 0 Å². The Bertz CT molecular complexity index is 1360. The van der Waals surface area contributed by atoms with Gasteiger partial charge in [0.2, 0.25) is 0 Å². The molecule has 34 heavy (non-hydrogen) atoms. The number of ether oxygens (including phenoxy) is 2. The van der Waals surface area contributed by atoms with Gasteiger partial charge in [-0.1, -0.05) is 35.9 Å². The monoisotopic (exact) mass is 473 g/mol. The fourth-order valence-electron chi connectivity index (χ4n) is 3.40. The molecule has 4 rings (SSSR count). The molecule has 0 aliphatic rings. The van der Waals surface area contributed by atoms with Crippen molar-refractivity contribution >= 4 is 17.6 Å². The molecular weight excluding hydrogens is 454 g/mol. The molecule has 0 unspecified atom stereocenters. The molecule has 0 saturated carbocycles. The molecule has 0 amide bonds. The van der Waals surface area contributed by atoms with Gasteiger partial charge in [0.25, 0.3) is 0 Å². The second kappa shape index (κ2) is 10.1. The van der Waals surface area contributed by atoms with E-state index < -0.39 is 5.97 Å². The van der Waals surface area contributed by atoms with Crippen molar-refractivity contribution < 1.29 is 19.4 Å². The minimum Gasteiger partial charge on any atom is -0.506 e. The van der Waals surface area contributed by atoms with Gasteiger partial charge >= 0.3 is 5.97 Å². The highest BCUT2D eigenvalue weighted by molar-refractivity contribution is 6.30. The van der Waals surface area contributed by atoms with Crippen LogP contribution in [0.2, 0.25) is 5.02 Å². The summed E-state index contributed by atoms with van der Waals surface area (Å²) in [5, 5.41) is 27.8. The van der Waals surface area contributed by atoms with Crippen LogP contribution in [0.15, 0.2) is 66.7 Å². The van der Waals surface area contributed by atoms with Gasteiger partial charge in [0, 0.05) is 10.6 Å². The lowest BCUT2D eigenvalue weighted by molar-refractivity contribution is 0.0519. The maximum absolute atomic E-state index is 12.0. The van der Waals surface area contributed by atoms with Gasteiger partial charge in [-0.05, 0) is 60.5 Å². The summed E-state index contributed by atoms with van der Waals surface area (Å²) in [7, 11) is 0. The highest BCUT2D eigenvalue weighted by Crippen LogP contribution is 2.44. The van der Waals surface area contributed by atoms with Gasteiger partial charge in [0.05, 0.1) is 29.5 Å². The van der Waals surface area contributed by atoms with Crippen LogP contribution in [0, 0.1) is 11.3 Å². The third-order valence-electron chi connectivity index (χ3n) is 5.10. The summed E-state index contributed by atoms with van der Waals surface area (Å²) in [6, 6.07) is 21.1. The molecule has 0 aliphatic carbocycles. The molecule has 1 aromatic heterocycles. The Morgan fingerprint density at radius 3 is 2.53 bits per heavy atom. The predicted octanol–water partition coefficient (Wildman–Crippen LogP) is 5.73. The number of rotatable bonds is 7. The SMILES string of the molecule is CCOC(=O)c1cc(-c2ccc(OCc3ccc(Cl)cc3)c(-c3ccc(C#N)cc3)c2O)n[nH]1. The number of aromatic nitrogens is 2. The van der Waals surface area contributed by atoms with Crippen LogP contribution < -0.4 is 4.74 Å². The van der Waals surface area contributed by atoms with Crippen LogP contribution in [0.25, 0.3) is 22.4 Å². The highest BCUT2D eigenvalue weighted by Gasteiger charge is 2.20. The van der Waals surface area contributed by atoms with Crippen LogP contribution in [-0.4, -0.2) is 27.9 Å². The fraction of sp³-hybridized carbons (Fsp3) is 0.115. The molecule has 3 aromatic carbocycles. The molecule has 2 N–H and O–H groups in total. The number of carbonyl (C=O) groups excluding carboxylic acids is 1. The van der Waals surface area contributed by atoms with Crippen LogP contribution in [0.4, 0.5) is 0 Å². The zero-order valence-corrected chi connectivity index (χ0v) is 19.0. The number of hydrogen-bond acceptors (Lipinski definition) is 6. The van der Waals surface area contributed by atoms with Gasteiger partial charge in [0.15, 0.2) is 0 Å². The normalized spacial score (nSPS) is 10.5. The molecule has 8 heteroatoms. The lowest BCUT2D eigenvalue weighted by Crippen LogP contribution is -2.04. The largest absolute Gasteiger partial charge is 0.506 e. The number of halogens is 1. The van der Waals surface area contributed by atoms with E-state index >= 15 is 0 Å². The second-order valence-corrected chi connectivity index (χ2v) is 7.76. The van der Waals surface area contributed by atoms with Crippen molar-refractivity contribution in [1.29, 1.82) is 5.26 Å². The first-order chi connectivity index (χ1) is 16.5. The number of phenolic OH excluding ortho intramolecular Hbond substituents is 1. The second-order valence-electron chi connectivity index (χ2n) is 7.33. The number of esters is 1. The fourth-order valence-corrected chi connectivity index (χ4v) is 3.53. The van der Waals surface area contributed by atoms with Crippen LogP contribution >= 0.6 is 11.6 Å². The van der Waals surface area contributed by atoms with Crippen LogP contribution in [0.1, 0.15) is 28.5 Å². The van der Waals surface area contributed by atoms with Crippen LogP contribution in [0.3, 0.4) is 0 Å². The van der Waals surface area contributed by atoms with Crippen LogP contribution in [0.5, 0.6) is 11.5 Å². The summed E-state index contributed by atoms with van der Waals surface area (Å²) >= 11 is 5.96. The molecule has 0 aliphatic heterocycles. The van der Waals surface area contributed by atoms with Crippen molar-refractivity contribution in [1.82, 2.24) is 10.2 Å². The Balaban J connectivity index is 1.74. The topological polar surface area (TPSA) is 108 Å². The van der Waals surface area contributed by atoms with Crippen molar-refractivity contribution in [3.8, 4) is 40.0 Å². The molecule has 0 saturated heterocycles. The summed E-state index contributed by atoms with van der Waals surface area (Å²) in [6.45, 7) is 2.21. The number of benzene rings is 3. The number of nitriles is 1. The Kier molecular flexibility index (Phi) is 6.81. The molecule has 7 nitrogen and oxygen atoms in total. The van der Waals surface area contributed by atoms with Gasteiger partial charge in [-0.25, -0.2) is 4.79 Å². The zero-order valence-electron chi connectivity index (χ0n) is 18.2. The van der Waals surface area contributed by atoms with Crippen molar-refractivity contribution in [2.24, 2.45) is 0 Å². The first-order valence-corrected chi connectivity index (χ1v) is 10.8. The first-order valence-electron chi connectivity index (χ1n) is 10.5. The minimum absolute atomic E-state index is 0.0692. The maximum Gasteiger partial charge on any atom is 0.356 e. The molecule has 170 valence electrons. The first kappa shape index (κ1) is 22.9. The van der Waals surface area contributed by atoms with E-state index in [1.807, 2.05) is 12.1 Å². The lowest BCUT2D eigenvalue weighted by atomic mass is 9.97. The third kappa shape index (κ3) is 4.87. The van der Waals surface area contributed by atoms with Crippen molar-refractivity contribution in [2.45, 2.75) is 13.5 Å². The molecule has 0 bridgehead atoms. The van der Waals surface area contributed by atoms with Gasteiger partial charge in [0.1, 0.15) is 23.8 Å². The number of aromatic hydroxyl groups is 1. The summed E-state index contributed by atoms with van der Waals surface area (Å²) < 4.78 is 11.0. The van der Waals surface area contributed by atoms with E-state index in [9.17, 15) is 9.90 Å². The molecule has 4 aromatic rings. The van der Waals surface area contributed by atoms with E-state index in [0.29, 0.717) is 38.7 Å². The van der Waals surface area contributed by atoms with Crippen molar-refractivity contribution in [3.05, 3.63) is 88.6 Å². The molecule has 1 heterocycles. The Labute approximate surface area is 201 Å². The molecule has 0 fully saturated rings. The van der Waals surface area contributed by atoms with E-state index in [2.05, 4.69) is 16.3 Å². The molecule has 0 atom stereocenters. The predicted molar refractivity (Wildman–Crippen MR) is 128 cm³/mol. The summed E-state index contributed by atoms with van der Waals surface area (Å²) in [6.07, 6.45) is 0. The Morgan fingerprint density at radius 1 is 1.12 bits per heavy atom. The van der Waals surface area contributed by atoms with Gasteiger partial charge < -0.3 is 14.6 Å². The van der Waals surface area contributed by atoms with E-state index in [4.69, 9.17) is 26.3 Å². The van der Waals surface area contributed by atoms with Gasteiger partial charge in [-0.3, -0.25) is 5.10 Å². The quantitative estimate of drug-likeness (QED) is 0.332. The van der Waals surface area contributed by atoms with Crippen molar-refractivity contribution in [3.63, 3.8) is 0 Å². The lowest BCUT2D eigenvalue weighted by Gasteiger charge is -2.16. The van der Waals surface area contributed by atoms with E-state index in [-0.39, 0.29) is 24.7 Å². The molecule has 0 radical (unpaired) electrons. The summed E-state index contributed by atoms with van der Waals surface area (Å²) in [5.41, 5.74) is 3.46. The number of phenols is 1. The van der Waals surface area contributed by atoms with Gasteiger partial charge in [-0.2, -0.15) is 10.4 Å². The zero-order chi connectivity index (χ0) is 24.1. The van der Waals surface area contributed by atoms with E-state index in [1.54, 1.807) is 55.5 Å². The number of nitrogens with one attached hydrogen (secondary N) is 1. The number of carbonyl (C=O) groups is 1. The summed E-state index contributed by atoms with van der Waals surface area (Å²) in [5.74, 6) is -0.154. The number of aromatic amines is 1. The molecular formula is C26H20ClN3O4. The van der Waals surface area contributed by atoms with E-state index in [1.165, 1.54) is 6.07 Å². The minimum atomic E-state index is -0.532. The highest BCUT2D eigenvalue weighted by atomic mass is 35.5. The van der Waals surface area contributed by atoms with E-state index in [0.717, 1.165) is 5.56 Å². The average Bonchev–Trinajstić information content (AvgIpc) is 3.34. The summed E-state index contributed by atoms with van der Waals surface area (Å²) in [4.78, 5) is 12.0. The number of nitrogens with zero attached hydrogens (tertiary/aromatic N) is 2. The standard InChI is InChI=1S/C26H20ClN3O4/c1-2-33-26(32)22-13-21(29-30-22)20-11-12-23(34-15-17-5-9-19(27)10-6-17)24(25(20)31)18-7-3-16(14-28)4-8-18/h3-13,31H,2,15H2,1H3,(H,29,30). The smallest absolute Gasteiger partial charge is 0.356 e. The number of H-pyrrole nitrogens is 1. The average molecular weight is 474 g/mol. The number of hydrogen-bond donors (Lipinski definition) is 2. The van der Waals surface area contributed by atoms with Crippen molar-refractivity contribution in [2.75, 3.05) is 6.61 Å². The van der Waals surface area contributed by atoms with Crippen LogP contribution in [-0.2, 0) is 11.3 Å². The maximum atomic E-state index is 12.0. The third-order valence-corrected chi connectivity index (χ3v) is 5.35. The Hall–Kier alpha value is -4.28.